The normalized spacial score (nSPS) is 12.2. The molecule has 0 fully saturated rings. The van der Waals surface area contributed by atoms with E-state index in [4.69, 9.17) is 4.74 Å². The molecular formula is C19H25NO. The van der Waals surface area contributed by atoms with Gasteiger partial charge in [0.1, 0.15) is 5.75 Å². The van der Waals surface area contributed by atoms with Crippen LogP contribution in [0.5, 0.6) is 11.5 Å². The first-order valence-electron chi connectivity index (χ1n) is 7.73. The predicted octanol–water partition coefficient (Wildman–Crippen LogP) is 5.72. The Morgan fingerprint density at radius 3 is 2.24 bits per heavy atom. The molecule has 0 aliphatic carbocycles. The molecule has 2 aromatic rings. The third kappa shape index (κ3) is 5.14. The highest BCUT2D eigenvalue weighted by Gasteiger charge is 2.08. The molecule has 0 spiro atoms. The molecule has 0 saturated carbocycles. The van der Waals surface area contributed by atoms with Crippen LogP contribution < -0.4 is 10.1 Å². The van der Waals surface area contributed by atoms with Crippen LogP contribution in [0.15, 0.2) is 54.6 Å². The minimum Gasteiger partial charge on any atom is -0.455 e. The minimum absolute atomic E-state index is 0.438. The van der Waals surface area contributed by atoms with E-state index in [1.54, 1.807) is 0 Å². The lowest BCUT2D eigenvalue weighted by Gasteiger charge is -2.19. The lowest BCUT2D eigenvalue weighted by molar-refractivity contribution is 0.481. The Hall–Kier alpha value is -1.96. The molecule has 2 heteroatoms. The van der Waals surface area contributed by atoms with Crippen LogP contribution in [0.3, 0.4) is 0 Å². The first-order valence-corrected chi connectivity index (χ1v) is 7.73. The average Bonchev–Trinajstić information content (AvgIpc) is 2.48. The molecule has 21 heavy (non-hydrogen) atoms. The summed E-state index contributed by atoms with van der Waals surface area (Å²) in [5.41, 5.74) is 1.05. The summed E-state index contributed by atoms with van der Waals surface area (Å²) in [6.07, 6.45) is 2.40. The summed E-state index contributed by atoms with van der Waals surface area (Å²) in [6.45, 7) is 6.75. The first kappa shape index (κ1) is 15.4. The number of anilines is 1. The van der Waals surface area contributed by atoms with Gasteiger partial charge in [0.25, 0.3) is 0 Å². The third-order valence-corrected chi connectivity index (χ3v) is 3.44. The molecule has 0 aromatic heterocycles. The fourth-order valence-corrected chi connectivity index (χ4v) is 2.21. The molecule has 2 aromatic carbocycles. The maximum absolute atomic E-state index is 5.97. The zero-order valence-corrected chi connectivity index (χ0v) is 13.2. The van der Waals surface area contributed by atoms with E-state index in [1.807, 2.05) is 48.5 Å². The quantitative estimate of drug-likeness (QED) is 0.702. The summed E-state index contributed by atoms with van der Waals surface area (Å²) < 4.78 is 5.97. The van der Waals surface area contributed by atoms with Gasteiger partial charge in [0.15, 0.2) is 5.75 Å². The Kier molecular flexibility index (Phi) is 5.68. The van der Waals surface area contributed by atoms with E-state index in [1.165, 1.54) is 6.42 Å². The number of ether oxygens (including phenoxy) is 1. The molecule has 1 atom stereocenters. The van der Waals surface area contributed by atoms with Gasteiger partial charge in [-0.25, -0.2) is 0 Å². The van der Waals surface area contributed by atoms with Crippen molar-refractivity contribution < 1.29 is 4.74 Å². The lowest BCUT2D eigenvalue weighted by Crippen LogP contribution is -2.16. The number of rotatable bonds is 7. The molecule has 112 valence electrons. The molecular weight excluding hydrogens is 258 g/mol. The van der Waals surface area contributed by atoms with Crippen LogP contribution in [0.1, 0.15) is 33.6 Å². The lowest BCUT2D eigenvalue weighted by atomic mass is 10.0. The van der Waals surface area contributed by atoms with Gasteiger partial charge in [-0.05, 0) is 49.9 Å². The van der Waals surface area contributed by atoms with Crippen LogP contribution in [-0.4, -0.2) is 6.04 Å². The van der Waals surface area contributed by atoms with Gasteiger partial charge in [-0.2, -0.15) is 0 Å². The van der Waals surface area contributed by atoms with Gasteiger partial charge in [0.2, 0.25) is 0 Å². The molecule has 0 saturated heterocycles. The minimum atomic E-state index is 0.438. The van der Waals surface area contributed by atoms with Crippen LogP contribution in [0, 0.1) is 5.92 Å². The molecule has 0 aliphatic heterocycles. The van der Waals surface area contributed by atoms with Gasteiger partial charge in [0.05, 0.1) is 5.69 Å². The zero-order valence-electron chi connectivity index (χ0n) is 13.2. The first-order chi connectivity index (χ1) is 10.1. The van der Waals surface area contributed by atoms with E-state index in [-0.39, 0.29) is 0 Å². The van der Waals surface area contributed by atoms with Gasteiger partial charge in [-0.15, -0.1) is 0 Å². The number of hydrogen-bond acceptors (Lipinski definition) is 2. The molecule has 0 aliphatic rings. The molecule has 1 N–H and O–H groups in total. The maximum Gasteiger partial charge on any atom is 0.150 e. The summed E-state index contributed by atoms with van der Waals surface area (Å²) in [5.74, 6) is 2.48. The van der Waals surface area contributed by atoms with Crippen molar-refractivity contribution in [1.82, 2.24) is 0 Å². The average molecular weight is 283 g/mol. The van der Waals surface area contributed by atoms with Gasteiger partial charge < -0.3 is 10.1 Å². The van der Waals surface area contributed by atoms with E-state index in [0.717, 1.165) is 29.5 Å². The highest BCUT2D eigenvalue weighted by atomic mass is 16.5. The summed E-state index contributed by atoms with van der Waals surface area (Å²) in [7, 11) is 0. The van der Waals surface area contributed by atoms with E-state index < -0.39 is 0 Å². The Morgan fingerprint density at radius 2 is 1.52 bits per heavy atom. The number of para-hydroxylation sites is 3. The Labute approximate surface area is 128 Å². The van der Waals surface area contributed by atoms with Crippen LogP contribution >= 0.6 is 0 Å². The molecule has 2 rings (SSSR count). The van der Waals surface area contributed by atoms with Crippen molar-refractivity contribution in [3.05, 3.63) is 54.6 Å². The number of hydrogen-bond donors (Lipinski definition) is 1. The highest BCUT2D eigenvalue weighted by Crippen LogP contribution is 2.30. The molecule has 2 nitrogen and oxygen atoms in total. The van der Waals surface area contributed by atoms with Crippen molar-refractivity contribution in [1.29, 1.82) is 0 Å². The Balaban J connectivity index is 2.03. The second-order valence-electron chi connectivity index (χ2n) is 5.93. The van der Waals surface area contributed by atoms with Crippen molar-refractivity contribution in [2.24, 2.45) is 5.92 Å². The van der Waals surface area contributed by atoms with Crippen molar-refractivity contribution in [3.8, 4) is 11.5 Å². The monoisotopic (exact) mass is 283 g/mol. The van der Waals surface area contributed by atoms with Crippen molar-refractivity contribution >= 4 is 5.69 Å². The highest BCUT2D eigenvalue weighted by molar-refractivity contribution is 5.57. The Morgan fingerprint density at radius 1 is 0.857 bits per heavy atom. The largest absolute Gasteiger partial charge is 0.455 e. The van der Waals surface area contributed by atoms with E-state index >= 15 is 0 Å². The molecule has 0 heterocycles. The van der Waals surface area contributed by atoms with Crippen LogP contribution in [0.4, 0.5) is 5.69 Å². The van der Waals surface area contributed by atoms with Gasteiger partial charge >= 0.3 is 0 Å². The second kappa shape index (κ2) is 7.72. The van der Waals surface area contributed by atoms with E-state index in [2.05, 4.69) is 32.2 Å². The number of benzene rings is 2. The summed E-state index contributed by atoms with van der Waals surface area (Å²) in [5, 5.41) is 3.56. The maximum atomic E-state index is 5.97. The fraction of sp³-hybridized carbons (Fsp3) is 0.368. The van der Waals surface area contributed by atoms with Gasteiger partial charge in [-0.3, -0.25) is 0 Å². The van der Waals surface area contributed by atoms with Crippen molar-refractivity contribution in [2.75, 3.05) is 5.32 Å². The van der Waals surface area contributed by atoms with Crippen molar-refractivity contribution in [3.63, 3.8) is 0 Å². The van der Waals surface area contributed by atoms with Crippen LogP contribution in [0.25, 0.3) is 0 Å². The van der Waals surface area contributed by atoms with Gasteiger partial charge in [0, 0.05) is 6.04 Å². The molecule has 1 unspecified atom stereocenters. The van der Waals surface area contributed by atoms with Crippen LogP contribution in [-0.2, 0) is 0 Å². The fourth-order valence-electron chi connectivity index (χ4n) is 2.21. The molecule has 0 amide bonds. The predicted molar refractivity (Wildman–Crippen MR) is 90.1 cm³/mol. The third-order valence-electron chi connectivity index (χ3n) is 3.44. The summed E-state index contributed by atoms with van der Waals surface area (Å²) in [6, 6.07) is 18.5. The topological polar surface area (TPSA) is 21.3 Å². The summed E-state index contributed by atoms with van der Waals surface area (Å²) >= 11 is 0. The van der Waals surface area contributed by atoms with Gasteiger partial charge in [-0.1, -0.05) is 44.2 Å². The smallest absolute Gasteiger partial charge is 0.150 e. The van der Waals surface area contributed by atoms with Crippen molar-refractivity contribution in [2.45, 2.75) is 39.7 Å². The van der Waals surface area contributed by atoms with E-state index in [0.29, 0.717) is 6.04 Å². The Bertz CT molecular complexity index is 536. The summed E-state index contributed by atoms with van der Waals surface area (Å²) in [4.78, 5) is 0. The SMILES string of the molecule is CC(C)CCC(C)Nc1ccccc1Oc1ccccc1. The number of nitrogens with one attached hydrogen (secondary N) is 1. The standard InChI is InChI=1S/C19H25NO/c1-15(2)13-14-16(3)20-18-11-7-8-12-19(18)21-17-9-5-4-6-10-17/h4-12,15-16,20H,13-14H2,1-3H3. The zero-order chi connectivity index (χ0) is 15.1. The van der Waals surface area contributed by atoms with E-state index in [9.17, 15) is 0 Å². The molecule has 0 radical (unpaired) electrons. The second-order valence-corrected chi connectivity index (χ2v) is 5.93. The van der Waals surface area contributed by atoms with Crippen LogP contribution in [0.2, 0.25) is 0 Å². The molecule has 0 bridgehead atoms.